The lowest BCUT2D eigenvalue weighted by molar-refractivity contribution is -0.129. The monoisotopic (exact) mass is 107 g/mol. The van der Waals surface area contributed by atoms with Crippen LogP contribution in [0.3, 0.4) is 0 Å². The van der Waals surface area contributed by atoms with Gasteiger partial charge < -0.3 is 5.11 Å². The van der Waals surface area contributed by atoms with Crippen molar-refractivity contribution in [2.45, 2.75) is 0 Å². The van der Waals surface area contributed by atoms with Crippen molar-refractivity contribution in [3.05, 3.63) is 0 Å². The summed E-state index contributed by atoms with van der Waals surface area (Å²) in [5, 5.41) is 12.9. The number of carboxylic acids is 1. The van der Waals surface area contributed by atoms with Gasteiger partial charge in [0.25, 0.3) is 0 Å². The Kier molecular flexibility index (Phi) is 1.60. The number of aliphatic carboxylic acids is 1. The summed E-state index contributed by atoms with van der Waals surface area (Å²) in [5.41, 5.74) is 0. The highest BCUT2D eigenvalue weighted by Crippen LogP contribution is 1.75. The largest absolute Gasteiger partial charge is 0.476 e. The number of carbonyl (C=O) groups is 1. The molecule has 0 bridgehead atoms. The third kappa shape index (κ3) is 1.72. The average molecular weight is 107 g/mol. The zero-order valence-electron chi connectivity index (χ0n) is 2.73. The van der Waals surface area contributed by atoms with E-state index < -0.39 is 11.1 Å². The van der Waals surface area contributed by atoms with E-state index in [2.05, 4.69) is 11.6 Å². The van der Waals surface area contributed by atoms with Crippen LogP contribution >= 0.6 is 11.6 Å². The maximum absolute atomic E-state index is 9.34. The molecule has 0 rings (SSSR count). The Morgan fingerprint density at radius 3 is 2.00 bits per heavy atom. The molecular weight excluding hydrogens is 105 g/mol. The fraction of sp³-hybridized carbons (Fsp3) is 0. The van der Waals surface area contributed by atoms with Crippen LogP contribution in [0.1, 0.15) is 0 Å². The van der Waals surface area contributed by atoms with Crippen LogP contribution in [-0.4, -0.2) is 16.2 Å². The number of hydrogen-bond donors (Lipinski definition) is 2. The fourth-order valence-electron chi connectivity index (χ4n) is 0. The Morgan fingerprint density at radius 2 is 2.00 bits per heavy atom. The summed E-state index contributed by atoms with van der Waals surface area (Å²) in [7, 11) is 0. The standard InChI is InChI=1S/C2H2ClNO2/c3-1(4)2(5)6/h4H,(H,5,6). The second-order valence-corrected chi connectivity index (χ2v) is 0.997. The Labute approximate surface area is 39.0 Å². The van der Waals surface area contributed by atoms with Crippen molar-refractivity contribution in [3.8, 4) is 0 Å². The van der Waals surface area contributed by atoms with E-state index in [-0.39, 0.29) is 0 Å². The summed E-state index contributed by atoms with van der Waals surface area (Å²) in [5.74, 6) is -1.39. The highest BCUT2D eigenvalue weighted by Gasteiger charge is 1.97. The Balaban J connectivity index is 3.57. The van der Waals surface area contributed by atoms with Crippen LogP contribution in [0, 0.1) is 5.41 Å². The minimum atomic E-state index is -1.39. The molecule has 0 aromatic heterocycles. The summed E-state index contributed by atoms with van der Waals surface area (Å²) < 4.78 is 0. The molecule has 0 fully saturated rings. The lowest BCUT2D eigenvalue weighted by Crippen LogP contribution is -2.01. The van der Waals surface area contributed by atoms with Gasteiger partial charge >= 0.3 is 5.97 Å². The first kappa shape index (κ1) is 5.43. The topological polar surface area (TPSA) is 61.2 Å². The van der Waals surface area contributed by atoms with Crippen molar-refractivity contribution in [1.29, 1.82) is 5.41 Å². The molecule has 2 N–H and O–H groups in total. The normalized spacial score (nSPS) is 7.50. The predicted molar refractivity (Wildman–Crippen MR) is 21.2 cm³/mol. The van der Waals surface area contributed by atoms with Crippen molar-refractivity contribution in [2.24, 2.45) is 0 Å². The van der Waals surface area contributed by atoms with Crippen molar-refractivity contribution in [3.63, 3.8) is 0 Å². The molecule has 0 aliphatic rings. The number of nitrogens with one attached hydrogen (secondary N) is 1. The third-order valence-electron chi connectivity index (χ3n) is 0.188. The van der Waals surface area contributed by atoms with E-state index in [1.807, 2.05) is 0 Å². The summed E-state index contributed by atoms with van der Waals surface area (Å²) in [6, 6.07) is 0. The molecule has 3 nitrogen and oxygen atoms in total. The van der Waals surface area contributed by atoms with Crippen LogP contribution in [0.2, 0.25) is 0 Å². The minimum absolute atomic E-state index is 0.852. The van der Waals surface area contributed by atoms with E-state index in [4.69, 9.17) is 10.5 Å². The van der Waals surface area contributed by atoms with Gasteiger partial charge in [0.15, 0.2) is 0 Å². The molecular formula is C2H2ClNO2. The van der Waals surface area contributed by atoms with Crippen molar-refractivity contribution >= 4 is 22.7 Å². The number of hydrogen-bond acceptors (Lipinski definition) is 2. The van der Waals surface area contributed by atoms with Crippen LogP contribution in [0.15, 0.2) is 0 Å². The predicted octanol–water partition coefficient (Wildman–Crippen LogP) is 0.287. The first-order chi connectivity index (χ1) is 2.64. The molecule has 34 valence electrons. The van der Waals surface area contributed by atoms with E-state index in [0.717, 1.165) is 0 Å². The SMILES string of the molecule is N=C(Cl)C(=O)O. The van der Waals surface area contributed by atoms with Crippen LogP contribution in [0.25, 0.3) is 0 Å². The maximum atomic E-state index is 9.34. The van der Waals surface area contributed by atoms with Gasteiger partial charge in [-0.3, -0.25) is 5.41 Å². The zero-order chi connectivity index (χ0) is 5.15. The molecule has 0 heterocycles. The van der Waals surface area contributed by atoms with Gasteiger partial charge in [0.1, 0.15) is 0 Å². The fourth-order valence-corrected chi connectivity index (χ4v) is 0. The Morgan fingerprint density at radius 1 is 1.83 bits per heavy atom. The lowest BCUT2D eigenvalue weighted by Gasteiger charge is -1.74. The average Bonchev–Trinajstić information content (AvgIpc) is 1.36. The summed E-state index contributed by atoms with van der Waals surface area (Å²) >= 11 is 4.60. The second-order valence-electron chi connectivity index (χ2n) is 0.619. The highest BCUT2D eigenvalue weighted by molar-refractivity contribution is 6.80. The Bertz CT molecular complexity index is 77.5. The summed E-state index contributed by atoms with van der Waals surface area (Å²) in [6.45, 7) is 0. The maximum Gasteiger partial charge on any atom is 0.365 e. The zero-order valence-corrected chi connectivity index (χ0v) is 3.49. The van der Waals surface area contributed by atoms with Gasteiger partial charge in [-0.15, -0.1) is 0 Å². The van der Waals surface area contributed by atoms with E-state index in [1.165, 1.54) is 0 Å². The summed E-state index contributed by atoms with van der Waals surface area (Å²) in [6.07, 6.45) is 0. The van der Waals surface area contributed by atoms with E-state index in [9.17, 15) is 4.79 Å². The third-order valence-corrected chi connectivity index (χ3v) is 0.349. The molecule has 0 amide bonds. The first-order valence-electron chi connectivity index (χ1n) is 1.12. The number of rotatable bonds is 1. The van der Waals surface area contributed by atoms with Gasteiger partial charge in [0.05, 0.1) is 0 Å². The van der Waals surface area contributed by atoms with Gasteiger partial charge in [0, 0.05) is 0 Å². The van der Waals surface area contributed by atoms with E-state index in [0.29, 0.717) is 0 Å². The number of carboxylic acid groups (broad SMARTS) is 1. The molecule has 0 aliphatic heterocycles. The van der Waals surface area contributed by atoms with Crippen LogP contribution in [-0.2, 0) is 4.79 Å². The molecule has 0 spiro atoms. The molecule has 0 saturated carbocycles. The molecule has 4 heteroatoms. The first-order valence-corrected chi connectivity index (χ1v) is 1.49. The summed E-state index contributed by atoms with van der Waals surface area (Å²) in [4.78, 5) is 9.34. The van der Waals surface area contributed by atoms with Gasteiger partial charge in [-0.05, 0) is 0 Å². The van der Waals surface area contributed by atoms with Crippen molar-refractivity contribution < 1.29 is 9.90 Å². The van der Waals surface area contributed by atoms with Gasteiger partial charge in [-0.2, -0.15) is 0 Å². The molecule has 0 saturated heterocycles. The van der Waals surface area contributed by atoms with Crippen LogP contribution < -0.4 is 0 Å². The molecule has 0 radical (unpaired) electrons. The van der Waals surface area contributed by atoms with Gasteiger partial charge in [0.2, 0.25) is 5.17 Å². The van der Waals surface area contributed by atoms with Gasteiger partial charge in [-0.25, -0.2) is 4.79 Å². The second kappa shape index (κ2) is 1.77. The molecule has 0 atom stereocenters. The quantitative estimate of drug-likeness (QED) is 0.473. The van der Waals surface area contributed by atoms with E-state index >= 15 is 0 Å². The lowest BCUT2D eigenvalue weighted by atomic mass is 10.8. The Hall–Kier alpha value is -0.570. The molecule has 0 aromatic rings. The highest BCUT2D eigenvalue weighted by atomic mass is 35.5. The molecule has 0 aliphatic carbocycles. The van der Waals surface area contributed by atoms with Crippen molar-refractivity contribution in [1.82, 2.24) is 0 Å². The van der Waals surface area contributed by atoms with Gasteiger partial charge in [-0.1, -0.05) is 11.6 Å². The van der Waals surface area contributed by atoms with E-state index in [1.54, 1.807) is 0 Å². The number of halogens is 1. The van der Waals surface area contributed by atoms with Crippen LogP contribution in [0.4, 0.5) is 0 Å². The smallest absolute Gasteiger partial charge is 0.365 e. The molecule has 0 unspecified atom stereocenters. The van der Waals surface area contributed by atoms with Crippen molar-refractivity contribution in [2.75, 3.05) is 0 Å². The van der Waals surface area contributed by atoms with Crippen LogP contribution in [0.5, 0.6) is 0 Å². The molecule has 6 heavy (non-hydrogen) atoms. The minimum Gasteiger partial charge on any atom is -0.476 e. The molecule has 0 aromatic carbocycles.